The zero-order valence-corrected chi connectivity index (χ0v) is 16.7. The molecule has 29 heavy (non-hydrogen) atoms. The van der Waals surface area contributed by atoms with Crippen molar-refractivity contribution in [3.63, 3.8) is 0 Å². The summed E-state index contributed by atoms with van der Waals surface area (Å²) in [5, 5.41) is 13.9. The van der Waals surface area contributed by atoms with Crippen molar-refractivity contribution in [2.45, 2.75) is 64.5 Å². The molecule has 3 amide bonds. The van der Waals surface area contributed by atoms with Crippen molar-refractivity contribution >= 4 is 29.9 Å². The van der Waals surface area contributed by atoms with E-state index in [1.807, 2.05) is 6.29 Å². The highest BCUT2D eigenvalue weighted by Gasteiger charge is 2.31. The van der Waals surface area contributed by atoms with Crippen LogP contribution in [-0.2, 0) is 25.7 Å². The van der Waals surface area contributed by atoms with Gasteiger partial charge in [-0.05, 0) is 44.4 Å². The second kappa shape index (κ2) is 12.5. The van der Waals surface area contributed by atoms with Gasteiger partial charge in [0.25, 0.3) is 5.91 Å². The van der Waals surface area contributed by atoms with E-state index in [9.17, 15) is 19.2 Å². The third kappa shape index (κ3) is 9.70. The zero-order valence-electron chi connectivity index (χ0n) is 16.7. The molecule has 1 aromatic rings. The van der Waals surface area contributed by atoms with Crippen LogP contribution in [0.3, 0.4) is 0 Å². The average Bonchev–Trinajstić information content (AvgIpc) is 2.69. The van der Waals surface area contributed by atoms with Crippen LogP contribution in [0.4, 0.5) is 10.5 Å². The molecule has 0 aliphatic carbocycles. The summed E-state index contributed by atoms with van der Waals surface area (Å²) >= 11 is 0. The Morgan fingerprint density at radius 2 is 1.72 bits per heavy atom. The lowest BCUT2D eigenvalue weighted by atomic mass is 10.1. The van der Waals surface area contributed by atoms with Crippen LogP contribution in [0.25, 0.3) is 0 Å². The first-order valence-electron chi connectivity index (χ1n) is 9.43. The highest BCUT2D eigenvalue weighted by atomic mass is 16.6. The van der Waals surface area contributed by atoms with Crippen molar-refractivity contribution in [1.29, 1.82) is 0 Å². The van der Waals surface area contributed by atoms with E-state index in [4.69, 9.17) is 9.94 Å². The van der Waals surface area contributed by atoms with Crippen molar-refractivity contribution in [3.8, 4) is 0 Å². The molecule has 0 saturated heterocycles. The summed E-state index contributed by atoms with van der Waals surface area (Å²) in [5.41, 5.74) is 1.35. The van der Waals surface area contributed by atoms with Crippen LogP contribution in [-0.4, -0.2) is 35.0 Å². The van der Waals surface area contributed by atoms with Gasteiger partial charge in [-0.25, -0.2) is 10.3 Å². The molecule has 0 aromatic heterocycles. The van der Waals surface area contributed by atoms with Crippen molar-refractivity contribution in [2.75, 3.05) is 5.32 Å². The molecule has 1 radical (unpaired) electrons. The molecule has 9 nitrogen and oxygen atoms in total. The second-order valence-electron chi connectivity index (χ2n) is 7.00. The lowest BCUT2D eigenvalue weighted by Gasteiger charge is -2.22. The number of rotatable bonds is 12. The summed E-state index contributed by atoms with van der Waals surface area (Å²) in [4.78, 5) is 45.2. The van der Waals surface area contributed by atoms with Gasteiger partial charge < -0.3 is 15.4 Å². The predicted molar refractivity (Wildman–Crippen MR) is 106 cm³/mol. The van der Waals surface area contributed by atoms with Crippen LogP contribution >= 0.6 is 0 Å². The van der Waals surface area contributed by atoms with Crippen molar-refractivity contribution in [1.82, 2.24) is 10.8 Å². The zero-order chi connectivity index (χ0) is 21.7. The summed E-state index contributed by atoms with van der Waals surface area (Å²) < 4.78 is 4.96. The maximum Gasteiger partial charge on any atom is 0.408 e. The molecule has 159 valence electrons. The van der Waals surface area contributed by atoms with Crippen LogP contribution in [0.2, 0.25) is 0 Å². The fraction of sp³-hybridized carbons (Fsp3) is 0.500. The van der Waals surface area contributed by atoms with Gasteiger partial charge in [0, 0.05) is 25.1 Å². The van der Waals surface area contributed by atoms with Crippen LogP contribution in [0.15, 0.2) is 24.3 Å². The lowest BCUT2D eigenvalue weighted by molar-refractivity contribution is -0.145. The first-order chi connectivity index (χ1) is 13.8. The number of nitrogens with one attached hydrogen (secondary N) is 3. The Labute approximate surface area is 170 Å². The summed E-state index contributed by atoms with van der Waals surface area (Å²) in [6.07, 6.45) is 5.28. The molecular weight excluding hydrogens is 378 g/mol. The Bertz CT molecular complexity index is 688. The fourth-order valence-electron chi connectivity index (χ4n) is 2.39. The largest absolute Gasteiger partial charge is 0.433 e. The summed E-state index contributed by atoms with van der Waals surface area (Å²) in [7, 11) is 0. The van der Waals surface area contributed by atoms with Crippen LogP contribution in [0.1, 0.15) is 57.9 Å². The van der Waals surface area contributed by atoms with Crippen molar-refractivity contribution in [3.05, 3.63) is 29.8 Å². The van der Waals surface area contributed by atoms with Gasteiger partial charge >= 0.3 is 6.09 Å². The number of carbonyl (C=O) groups excluding carboxylic acids is 4. The highest BCUT2D eigenvalue weighted by molar-refractivity contribution is 5.90. The molecule has 0 bridgehead atoms. The minimum Gasteiger partial charge on any atom is -0.433 e. The number of hydrogen-bond acceptors (Lipinski definition) is 6. The number of alkyl carbamates (subject to hydrolysis) is 1. The highest BCUT2D eigenvalue weighted by Crippen LogP contribution is 2.12. The number of hydroxylamine groups is 1. The molecule has 0 aliphatic heterocycles. The maximum atomic E-state index is 11.9. The molecule has 0 unspecified atom stereocenters. The fourth-order valence-corrected chi connectivity index (χ4v) is 2.39. The molecule has 0 aliphatic rings. The Morgan fingerprint density at radius 1 is 1.07 bits per heavy atom. The maximum absolute atomic E-state index is 11.9. The van der Waals surface area contributed by atoms with Crippen molar-refractivity contribution < 1.29 is 29.1 Å². The number of ether oxygens (including phenoxy) is 1. The quantitative estimate of drug-likeness (QED) is 0.239. The van der Waals surface area contributed by atoms with E-state index in [1.165, 1.54) is 19.3 Å². The van der Waals surface area contributed by atoms with Gasteiger partial charge in [0.2, 0.25) is 5.91 Å². The Kier molecular flexibility index (Phi) is 10.4. The molecule has 9 heteroatoms. The summed E-state index contributed by atoms with van der Waals surface area (Å²) in [6, 6.07) is 6.95. The van der Waals surface area contributed by atoms with E-state index in [-0.39, 0.29) is 12.5 Å². The third-order valence-electron chi connectivity index (χ3n) is 4.10. The number of anilines is 1. The Hall–Kier alpha value is -2.94. The molecule has 4 N–H and O–H groups in total. The number of amides is 3. The summed E-state index contributed by atoms with van der Waals surface area (Å²) in [5.74, 6) is -0.919. The van der Waals surface area contributed by atoms with Crippen LogP contribution in [0.5, 0.6) is 0 Å². The van der Waals surface area contributed by atoms with E-state index in [1.54, 1.807) is 24.3 Å². The number of carbonyl (C=O) groups is 3. The minimum atomic E-state index is -1.51. The number of unbranched alkanes of at least 4 members (excludes halogenated alkanes) is 4. The smallest absolute Gasteiger partial charge is 0.408 e. The van der Waals surface area contributed by atoms with E-state index in [0.717, 1.165) is 31.2 Å². The van der Waals surface area contributed by atoms with Gasteiger partial charge in [-0.15, -0.1) is 0 Å². The monoisotopic (exact) mass is 406 g/mol. The van der Waals surface area contributed by atoms with E-state index in [0.29, 0.717) is 18.5 Å². The lowest BCUT2D eigenvalue weighted by Crippen LogP contribution is -2.46. The predicted octanol–water partition coefficient (Wildman–Crippen LogP) is 2.59. The van der Waals surface area contributed by atoms with E-state index in [2.05, 4.69) is 10.6 Å². The molecule has 1 aromatic carbocycles. The molecular formula is C20H28N3O6. The van der Waals surface area contributed by atoms with Gasteiger partial charge in [-0.1, -0.05) is 25.0 Å². The molecule has 0 heterocycles. The Balaban J connectivity index is 2.34. The van der Waals surface area contributed by atoms with Gasteiger partial charge in [-0.3, -0.25) is 19.6 Å². The first kappa shape index (κ1) is 24.1. The van der Waals surface area contributed by atoms with Gasteiger partial charge in [0.1, 0.15) is 0 Å². The molecule has 0 saturated carbocycles. The number of benzene rings is 1. The molecule has 0 spiro atoms. The second-order valence-corrected chi connectivity index (χ2v) is 7.00. The van der Waals surface area contributed by atoms with E-state index < -0.39 is 17.6 Å². The summed E-state index contributed by atoms with van der Waals surface area (Å²) in [6.45, 7) is 2.86. The van der Waals surface area contributed by atoms with Gasteiger partial charge in [0.15, 0.2) is 11.9 Å². The van der Waals surface area contributed by atoms with Crippen molar-refractivity contribution in [2.24, 2.45) is 0 Å². The molecule has 1 rings (SSSR count). The van der Waals surface area contributed by atoms with Crippen LogP contribution in [0, 0.1) is 0 Å². The van der Waals surface area contributed by atoms with Gasteiger partial charge in [0.05, 0.1) is 0 Å². The SMILES string of the molecule is CC(C)(OC(=O)NCc1ccc(NC(=O)CCCCCC[C]=O)cc1)C(=O)NO. The number of hydrogen-bond donors (Lipinski definition) is 4. The van der Waals surface area contributed by atoms with Crippen LogP contribution < -0.4 is 16.1 Å². The van der Waals surface area contributed by atoms with Gasteiger partial charge in [-0.2, -0.15) is 0 Å². The Morgan fingerprint density at radius 3 is 2.34 bits per heavy atom. The molecule has 0 fully saturated rings. The standard InChI is InChI=1S/C20H28N3O6/c1-20(2,18(26)23-28)29-19(27)21-14-15-9-11-16(12-10-15)22-17(25)8-6-4-3-5-7-13-24/h9-12,28H,3-8,14H2,1-2H3,(H,21,27)(H,22,25)(H,23,26). The third-order valence-corrected chi connectivity index (χ3v) is 4.10. The average molecular weight is 406 g/mol. The van der Waals surface area contributed by atoms with E-state index >= 15 is 0 Å². The minimum absolute atomic E-state index is 0.0780. The first-order valence-corrected chi connectivity index (χ1v) is 9.43. The topological polar surface area (TPSA) is 134 Å². The normalized spacial score (nSPS) is 10.7. The molecule has 0 atom stereocenters.